The molecule has 0 fully saturated rings. The van der Waals surface area contributed by atoms with Gasteiger partial charge in [-0.2, -0.15) is 13.2 Å². The molecule has 1 heterocycles. The highest BCUT2D eigenvalue weighted by Gasteiger charge is 2.55. The van der Waals surface area contributed by atoms with Crippen molar-refractivity contribution in [1.29, 1.82) is 0 Å². The SMILES string of the molecule is O=C(NC[C@](O)(c1ccccc1)C(F)(F)F)[C@H]1COc2ccccc2O1. The third kappa shape index (κ3) is 3.45. The molecule has 1 amide bonds. The van der Waals surface area contributed by atoms with E-state index < -0.39 is 30.3 Å². The van der Waals surface area contributed by atoms with Crippen molar-refractivity contribution in [2.45, 2.75) is 17.9 Å². The van der Waals surface area contributed by atoms with Gasteiger partial charge in [0.1, 0.15) is 6.61 Å². The predicted octanol–water partition coefficient (Wildman–Crippen LogP) is 2.39. The third-order valence-electron chi connectivity index (χ3n) is 4.04. The Balaban J connectivity index is 1.71. The van der Waals surface area contributed by atoms with Crippen LogP contribution in [0, 0.1) is 0 Å². The van der Waals surface area contributed by atoms with Crippen molar-refractivity contribution in [1.82, 2.24) is 5.32 Å². The fraction of sp³-hybridized carbons (Fsp3) is 0.278. The summed E-state index contributed by atoms with van der Waals surface area (Å²) < 4.78 is 51.1. The summed E-state index contributed by atoms with van der Waals surface area (Å²) in [6.45, 7) is -1.18. The van der Waals surface area contributed by atoms with Crippen molar-refractivity contribution < 1.29 is 32.5 Å². The summed E-state index contributed by atoms with van der Waals surface area (Å²) in [5.74, 6) is -0.0289. The lowest BCUT2D eigenvalue weighted by molar-refractivity contribution is -0.264. The monoisotopic (exact) mass is 367 g/mol. The largest absolute Gasteiger partial charge is 0.485 e. The normalized spacial score (nSPS) is 18.7. The van der Waals surface area contributed by atoms with Gasteiger partial charge in [0.05, 0.1) is 6.54 Å². The van der Waals surface area contributed by atoms with Gasteiger partial charge in [0.2, 0.25) is 11.7 Å². The van der Waals surface area contributed by atoms with E-state index in [0.717, 1.165) is 12.1 Å². The minimum Gasteiger partial charge on any atom is -0.485 e. The van der Waals surface area contributed by atoms with E-state index in [9.17, 15) is 23.1 Å². The predicted molar refractivity (Wildman–Crippen MR) is 85.8 cm³/mol. The molecule has 0 saturated heterocycles. The zero-order valence-corrected chi connectivity index (χ0v) is 13.5. The van der Waals surface area contributed by atoms with Crippen molar-refractivity contribution in [2.75, 3.05) is 13.2 Å². The van der Waals surface area contributed by atoms with Gasteiger partial charge in [0.25, 0.3) is 5.91 Å². The van der Waals surface area contributed by atoms with Gasteiger partial charge in [-0.05, 0) is 17.7 Å². The Morgan fingerprint density at radius 3 is 2.35 bits per heavy atom. The van der Waals surface area contributed by atoms with Crippen LogP contribution in [0.3, 0.4) is 0 Å². The van der Waals surface area contributed by atoms with Crippen LogP contribution < -0.4 is 14.8 Å². The molecule has 0 unspecified atom stereocenters. The molecule has 3 rings (SSSR count). The number of carbonyl (C=O) groups excluding carboxylic acids is 1. The minimum atomic E-state index is -4.97. The molecule has 1 aliphatic heterocycles. The molecule has 2 N–H and O–H groups in total. The van der Waals surface area contributed by atoms with Crippen molar-refractivity contribution >= 4 is 5.91 Å². The smallest absolute Gasteiger partial charge is 0.423 e. The first kappa shape index (κ1) is 18.1. The average Bonchev–Trinajstić information content (AvgIpc) is 2.65. The lowest BCUT2D eigenvalue weighted by atomic mass is 9.93. The summed E-state index contributed by atoms with van der Waals surface area (Å²) in [7, 11) is 0. The number of rotatable bonds is 4. The minimum absolute atomic E-state index is 0.140. The van der Waals surface area contributed by atoms with Crippen LogP contribution in [0.15, 0.2) is 54.6 Å². The highest BCUT2D eigenvalue weighted by atomic mass is 19.4. The van der Waals surface area contributed by atoms with Crippen LogP contribution in [-0.4, -0.2) is 36.4 Å². The number of ether oxygens (including phenoxy) is 2. The molecule has 2 atom stereocenters. The zero-order valence-electron chi connectivity index (χ0n) is 13.5. The summed E-state index contributed by atoms with van der Waals surface area (Å²) in [5.41, 5.74) is -3.57. The fourth-order valence-corrected chi connectivity index (χ4v) is 2.56. The Hall–Kier alpha value is -2.74. The van der Waals surface area contributed by atoms with Crippen LogP contribution in [-0.2, 0) is 10.4 Å². The summed E-state index contributed by atoms with van der Waals surface area (Å²) in [4.78, 5) is 12.2. The number of halogens is 3. The number of carbonyl (C=O) groups is 1. The van der Waals surface area contributed by atoms with Gasteiger partial charge in [0.15, 0.2) is 11.5 Å². The molecular weight excluding hydrogens is 351 g/mol. The number of hydrogen-bond acceptors (Lipinski definition) is 4. The van der Waals surface area contributed by atoms with Crippen molar-refractivity contribution in [3.63, 3.8) is 0 Å². The van der Waals surface area contributed by atoms with Crippen LogP contribution in [0.2, 0.25) is 0 Å². The number of alkyl halides is 3. The second-order valence-electron chi connectivity index (χ2n) is 5.81. The van der Waals surface area contributed by atoms with Gasteiger partial charge < -0.3 is 19.9 Å². The maximum Gasteiger partial charge on any atom is 0.423 e. The number of nitrogens with one attached hydrogen (secondary N) is 1. The summed E-state index contributed by atoms with van der Waals surface area (Å²) in [5, 5.41) is 12.3. The molecule has 0 aromatic heterocycles. The first-order valence-corrected chi connectivity index (χ1v) is 7.82. The van der Waals surface area contributed by atoms with E-state index in [4.69, 9.17) is 9.47 Å². The number of amides is 1. The van der Waals surface area contributed by atoms with E-state index in [1.165, 1.54) is 18.2 Å². The Morgan fingerprint density at radius 1 is 1.08 bits per heavy atom. The van der Waals surface area contributed by atoms with Gasteiger partial charge in [-0.3, -0.25) is 4.79 Å². The third-order valence-corrected chi connectivity index (χ3v) is 4.04. The second-order valence-corrected chi connectivity index (χ2v) is 5.81. The lowest BCUT2D eigenvalue weighted by Crippen LogP contribution is -2.54. The molecule has 0 bridgehead atoms. The maximum absolute atomic E-state index is 13.4. The van der Waals surface area contributed by atoms with E-state index in [0.29, 0.717) is 11.5 Å². The quantitative estimate of drug-likeness (QED) is 0.871. The average molecular weight is 367 g/mol. The van der Waals surface area contributed by atoms with Gasteiger partial charge in [-0.15, -0.1) is 0 Å². The summed E-state index contributed by atoms with van der Waals surface area (Å²) in [6, 6.07) is 13.2. The lowest BCUT2D eigenvalue weighted by Gasteiger charge is -2.32. The first-order chi connectivity index (χ1) is 12.3. The van der Waals surface area contributed by atoms with Gasteiger partial charge >= 0.3 is 6.18 Å². The molecule has 138 valence electrons. The number of para-hydroxylation sites is 2. The number of hydrogen-bond donors (Lipinski definition) is 2. The molecule has 0 spiro atoms. The van der Waals surface area contributed by atoms with Crippen LogP contribution in [0.1, 0.15) is 5.56 Å². The van der Waals surface area contributed by atoms with Crippen molar-refractivity contribution in [2.24, 2.45) is 0 Å². The highest BCUT2D eigenvalue weighted by molar-refractivity contribution is 5.81. The molecular formula is C18H16F3NO4. The number of fused-ring (bicyclic) bond motifs is 1. The number of benzene rings is 2. The van der Waals surface area contributed by atoms with Crippen molar-refractivity contribution in [3.8, 4) is 11.5 Å². The Kier molecular flexibility index (Phi) is 4.78. The van der Waals surface area contributed by atoms with Crippen LogP contribution in [0.25, 0.3) is 0 Å². The van der Waals surface area contributed by atoms with E-state index >= 15 is 0 Å². The highest BCUT2D eigenvalue weighted by Crippen LogP contribution is 2.38. The fourth-order valence-electron chi connectivity index (χ4n) is 2.56. The topological polar surface area (TPSA) is 67.8 Å². The summed E-state index contributed by atoms with van der Waals surface area (Å²) in [6.07, 6.45) is -6.09. The molecule has 2 aromatic carbocycles. The number of aliphatic hydroxyl groups is 1. The molecule has 2 aromatic rings. The molecule has 5 nitrogen and oxygen atoms in total. The summed E-state index contributed by atoms with van der Waals surface area (Å²) >= 11 is 0. The van der Waals surface area contributed by atoms with Crippen molar-refractivity contribution in [3.05, 3.63) is 60.2 Å². The van der Waals surface area contributed by atoms with Gasteiger partial charge in [-0.1, -0.05) is 42.5 Å². The molecule has 26 heavy (non-hydrogen) atoms. The van der Waals surface area contributed by atoms with E-state index in [2.05, 4.69) is 5.32 Å². The van der Waals surface area contributed by atoms with Crippen LogP contribution >= 0.6 is 0 Å². The molecule has 0 saturated carbocycles. The Bertz CT molecular complexity index is 782. The molecule has 1 aliphatic rings. The van der Waals surface area contributed by atoms with E-state index in [1.807, 2.05) is 0 Å². The van der Waals surface area contributed by atoms with Crippen LogP contribution in [0.5, 0.6) is 11.5 Å². The Morgan fingerprint density at radius 2 is 1.69 bits per heavy atom. The van der Waals surface area contributed by atoms with E-state index in [-0.39, 0.29) is 12.2 Å². The maximum atomic E-state index is 13.4. The standard InChI is InChI=1S/C18H16F3NO4/c19-18(20,21)17(24,12-6-2-1-3-7-12)11-22-16(23)15-10-25-13-8-4-5-9-14(13)26-15/h1-9,15,24H,10-11H2,(H,22,23)/t15-,17+/m1/s1. The molecule has 0 radical (unpaired) electrons. The van der Waals surface area contributed by atoms with Gasteiger partial charge in [0, 0.05) is 0 Å². The second kappa shape index (κ2) is 6.87. The molecule has 0 aliphatic carbocycles. The first-order valence-electron chi connectivity index (χ1n) is 7.82. The molecule has 8 heteroatoms. The Labute approximate surface area is 147 Å². The van der Waals surface area contributed by atoms with E-state index in [1.54, 1.807) is 24.3 Å². The van der Waals surface area contributed by atoms with Gasteiger partial charge in [-0.25, -0.2) is 0 Å². The zero-order chi connectivity index (χ0) is 18.8. The van der Waals surface area contributed by atoms with Crippen LogP contribution in [0.4, 0.5) is 13.2 Å².